The first kappa shape index (κ1) is 20.2. The normalized spacial score (nSPS) is 19.4. The van der Waals surface area contributed by atoms with Gasteiger partial charge in [0.25, 0.3) is 0 Å². The summed E-state index contributed by atoms with van der Waals surface area (Å²) in [6.07, 6.45) is 3.40. The van der Waals surface area contributed by atoms with Crippen molar-refractivity contribution < 1.29 is 9.47 Å². The van der Waals surface area contributed by atoms with E-state index in [4.69, 9.17) is 21.1 Å². The molecule has 2 aliphatic rings. The monoisotopic (exact) mass is 394 g/mol. The van der Waals surface area contributed by atoms with Crippen LogP contribution in [0.5, 0.6) is 0 Å². The zero-order valence-corrected chi connectivity index (χ0v) is 17.0. The van der Waals surface area contributed by atoms with E-state index in [1.807, 2.05) is 25.2 Å². The number of piperazine rings is 1. The average molecular weight is 395 g/mol. The highest BCUT2D eigenvalue weighted by Gasteiger charge is 2.20. The van der Waals surface area contributed by atoms with Crippen LogP contribution in [0.4, 0.5) is 5.69 Å². The molecule has 2 heterocycles. The lowest BCUT2D eigenvalue weighted by atomic mass is 10.1. The summed E-state index contributed by atoms with van der Waals surface area (Å²) < 4.78 is 11.3. The van der Waals surface area contributed by atoms with Crippen LogP contribution in [0, 0.1) is 0 Å². The van der Waals surface area contributed by atoms with Gasteiger partial charge in [0.1, 0.15) is 0 Å². The Labute approximate surface area is 167 Å². The lowest BCUT2D eigenvalue weighted by molar-refractivity contribution is -0.0320. The minimum absolute atomic E-state index is 0.373. The van der Waals surface area contributed by atoms with Crippen molar-refractivity contribution in [2.75, 3.05) is 64.5 Å². The molecule has 7 heteroatoms. The van der Waals surface area contributed by atoms with Gasteiger partial charge in [0.2, 0.25) is 0 Å². The van der Waals surface area contributed by atoms with E-state index in [2.05, 4.69) is 26.2 Å². The summed E-state index contributed by atoms with van der Waals surface area (Å²) in [5, 5.41) is 4.26. The van der Waals surface area contributed by atoms with Crippen molar-refractivity contribution in [1.29, 1.82) is 0 Å². The molecule has 6 nitrogen and oxygen atoms in total. The van der Waals surface area contributed by atoms with E-state index in [0.717, 1.165) is 82.8 Å². The van der Waals surface area contributed by atoms with Crippen molar-refractivity contribution in [3.8, 4) is 0 Å². The first-order valence-electron chi connectivity index (χ1n) is 9.92. The van der Waals surface area contributed by atoms with Crippen LogP contribution in [-0.4, -0.2) is 76.6 Å². The molecule has 1 N–H and O–H groups in total. The maximum Gasteiger partial charge on any atom is 0.193 e. The second-order valence-corrected chi connectivity index (χ2v) is 7.40. The fourth-order valence-corrected chi connectivity index (χ4v) is 3.73. The van der Waals surface area contributed by atoms with Crippen LogP contribution in [-0.2, 0) is 9.47 Å². The minimum atomic E-state index is 0.373. The van der Waals surface area contributed by atoms with Crippen molar-refractivity contribution in [2.45, 2.75) is 25.4 Å². The molecule has 1 aromatic rings. The lowest BCUT2D eigenvalue weighted by Gasteiger charge is -2.37. The van der Waals surface area contributed by atoms with E-state index in [1.54, 1.807) is 0 Å². The third-order valence-electron chi connectivity index (χ3n) is 5.09. The Balaban J connectivity index is 1.35. The maximum absolute atomic E-state index is 6.12. The Morgan fingerprint density at radius 1 is 1.26 bits per heavy atom. The fourth-order valence-electron chi connectivity index (χ4n) is 3.55. The van der Waals surface area contributed by atoms with E-state index < -0.39 is 0 Å². The largest absolute Gasteiger partial charge is 0.381 e. The van der Waals surface area contributed by atoms with Gasteiger partial charge < -0.3 is 24.6 Å². The molecule has 0 atom stereocenters. The van der Waals surface area contributed by atoms with Gasteiger partial charge in [-0.3, -0.25) is 4.99 Å². The van der Waals surface area contributed by atoms with Gasteiger partial charge in [0.05, 0.1) is 6.10 Å². The lowest BCUT2D eigenvalue weighted by Crippen LogP contribution is -2.52. The smallest absolute Gasteiger partial charge is 0.193 e. The van der Waals surface area contributed by atoms with Crippen LogP contribution in [0.15, 0.2) is 29.3 Å². The van der Waals surface area contributed by atoms with E-state index >= 15 is 0 Å². The summed E-state index contributed by atoms with van der Waals surface area (Å²) >= 11 is 6.12. The van der Waals surface area contributed by atoms with Gasteiger partial charge in [-0.2, -0.15) is 0 Å². The molecule has 3 rings (SSSR count). The first-order valence-corrected chi connectivity index (χ1v) is 10.3. The molecule has 0 spiro atoms. The molecule has 0 saturated carbocycles. The van der Waals surface area contributed by atoms with Crippen LogP contribution in [0.25, 0.3) is 0 Å². The van der Waals surface area contributed by atoms with Crippen LogP contribution < -0.4 is 10.2 Å². The first-order chi connectivity index (χ1) is 13.3. The average Bonchev–Trinajstić information content (AvgIpc) is 2.72. The summed E-state index contributed by atoms with van der Waals surface area (Å²) in [5.41, 5.74) is 1.19. The van der Waals surface area contributed by atoms with Gasteiger partial charge >= 0.3 is 0 Å². The molecule has 150 valence electrons. The molecule has 2 fully saturated rings. The number of ether oxygens (including phenoxy) is 2. The number of nitrogens with zero attached hydrogens (tertiary/aromatic N) is 3. The Morgan fingerprint density at radius 3 is 2.74 bits per heavy atom. The standard InChI is InChI=1S/C20H31ClN4O2/c1-22-20(23-8-3-13-27-19-6-14-26-15-7-19)25-11-9-24(10-12-25)18-5-2-4-17(21)16-18/h2,4-5,16,19H,3,6-15H2,1H3,(H,22,23). The Morgan fingerprint density at radius 2 is 2.04 bits per heavy atom. The quantitative estimate of drug-likeness (QED) is 0.456. The Hall–Kier alpha value is -1.50. The number of nitrogens with one attached hydrogen (secondary N) is 1. The van der Waals surface area contributed by atoms with Crippen LogP contribution >= 0.6 is 11.6 Å². The molecular formula is C20H31ClN4O2. The number of guanidine groups is 1. The summed E-state index contributed by atoms with van der Waals surface area (Å²) in [6, 6.07) is 8.07. The molecule has 2 aliphatic heterocycles. The van der Waals surface area contributed by atoms with Crippen LogP contribution in [0.2, 0.25) is 5.02 Å². The SMILES string of the molecule is CN=C(NCCCOC1CCOCC1)N1CCN(c2cccc(Cl)c2)CC1. The van der Waals surface area contributed by atoms with Crippen molar-refractivity contribution in [2.24, 2.45) is 4.99 Å². The van der Waals surface area contributed by atoms with E-state index in [0.29, 0.717) is 6.10 Å². The number of anilines is 1. The number of hydrogen-bond donors (Lipinski definition) is 1. The second kappa shape index (κ2) is 10.7. The van der Waals surface area contributed by atoms with Gasteiger partial charge in [0, 0.05) is 70.3 Å². The van der Waals surface area contributed by atoms with Crippen molar-refractivity contribution in [3.05, 3.63) is 29.3 Å². The molecule has 0 bridgehead atoms. The highest BCUT2D eigenvalue weighted by Crippen LogP contribution is 2.20. The molecule has 0 aromatic heterocycles. The minimum Gasteiger partial charge on any atom is -0.381 e. The predicted octanol–water partition coefficient (Wildman–Crippen LogP) is 2.62. The second-order valence-electron chi connectivity index (χ2n) is 6.96. The van der Waals surface area contributed by atoms with Crippen molar-refractivity contribution in [3.63, 3.8) is 0 Å². The third kappa shape index (κ3) is 6.26. The van der Waals surface area contributed by atoms with Gasteiger partial charge in [0.15, 0.2) is 5.96 Å². The molecule has 0 radical (unpaired) electrons. The fraction of sp³-hybridized carbons (Fsp3) is 0.650. The molecule has 1 aromatic carbocycles. The number of hydrogen-bond acceptors (Lipinski definition) is 4. The highest BCUT2D eigenvalue weighted by atomic mass is 35.5. The predicted molar refractivity (Wildman–Crippen MR) is 111 cm³/mol. The number of rotatable bonds is 6. The summed E-state index contributed by atoms with van der Waals surface area (Å²) in [4.78, 5) is 9.14. The topological polar surface area (TPSA) is 49.3 Å². The summed E-state index contributed by atoms with van der Waals surface area (Å²) in [6.45, 7) is 7.16. The number of benzene rings is 1. The van der Waals surface area contributed by atoms with Crippen LogP contribution in [0.3, 0.4) is 0 Å². The summed E-state index contributed by atoms with van der Waals surface area (Å²) in [5.74, 6) is 0.979. The summed E-state index contributed by atoms with van der Waals surface area (Å²) in [7, 11) is 1.85. The van der Waals surface area contributed by atoms with Crippen LogP contribution in [0.1, 0.15) is 19.3 Å². The zero-order chi connectivity index (χ0) is 18.9. The maximum atomic E-state index is 6.12. The highest BCUT2D eigenvalue weighted by molar-refractivity contribution is 6.30. The van der Waals surface area contributed by atoms with E-state index in [9.17, 15) is 0 Å². The van der Waals surface area contributed by atoms with Crippen molar-refractivity contribution in [1.82, 2.24) is 10.2 Å². The third-order valence-corrected chi connectivity index (χ3v) is 5.33. The van der Waals surface area contributed by atoms with Gasteiger partial charge in [-0.1, -0.05) is 17.7 Å². The Bertz CT molecular complexity index is 599. The van der Waals surface area contributed by atoms with E-state index in [-0.39, 0.29) is 0 Å². The molecular weight excluding hydrogens is 364 g/mol. The molecule has 27 heavy (non-hydrogen) atoms. The molecule has 0 unspecified atom stereocenters. The Kier molecular flexibility index (Phi) is 8.05. The van der Waals surface area contributed by atoms with Crippen molar-refractivity contribution >= 4 is 23.2 Å². The zero-order valence-electron chi connectivity index (χ0n) is 16.2. The molecule has 0 aliphatic carbocycles. The molecule has 0 amide bonds. The number of halogens is 1. The number of aliphatic imine (C=N–C) groups is 1. The van der Waals surface area contributed by atoms with Gasteiger partial charge in [-0.15, -0.1) is 0 Å². The van der Waals surface area contributed by atoms with Gasteiger partial charge in [-0.05, 0) is 37.5 Å². The molecule has 2 saturated heterocycles. The van der Waals surface area contributed by atoms with Gasteiger partial charge in [-0.25, -0.2) is 0 Å². The van der Waals surface area contributed by atoms with E-state index in [1.165, 1.54) is 5.69 Å².